The maximum Gasteiger partial charge on any atom is 0.0701 e. The lowest BCUT2D eigenvalue weighted by molar-refractivity contribution is 0.0267. The zero-order chi connectivity index (χ0) is 10.4. The molecule has 0 rings (SSSR count). The van der Waals surface area contributed by atoms with E-state index in [0.29, 0.717) is 39.6 Å². The first-order valence-electron chi connectivity index (χ1n) is 4.76. The first-order valence-corrected chi connectivity index (χ1v) is 4.76. The molecule has 13 heavy (non-hydrogen) atoms. The van der Waals surface area contributed by atoms with E-state index < -0.39 is 0 Å². The Balaban J connectivity index is 0. The molecular weight excluding hydrogens is 170 g/mol. The van der Waals surface area contributed by atoms with E-state index in [9.17, 15) is 0 Å². The molecule has 0 bridgehead atoms. The predicted molar refractivity (Wildman–Crippen MR) is 53.9 cm³/mol. The molecule has 0 heterocycles. The molecule has 4 heteroatoms. The summed E-state index contributed by atoms with van der Waals surface area (Å²) in [5, 5.41) is 0. The van der Waals surface area contributed by atoms with Crippen LogP contribution < -0.4 is 5.73 Å². The van der Waals surface area contributed by atoms with Crippen LogP contribution in [0, 0.1) is 0 Å². The molecule has 0 saturated heterocycles. The van der Waals surface area contributed by atoms with Crippen molar-refractivity contribution >= 4 is 0 Å². The van der Waals surface area contributed by atoms with Gasteiger partial charge >= 0.3 is 0 Å². The highest BCUT2D eigenvalue weighted by Gasteiger charge is 1.87. The fraction of sp³-hybridized carbons (Fsp3) is 1.00. The molecule has 82 valence electrons. The molecule has 0 aromatic rings. The summed E-state index contributed by atoms with van der Waals surface area (Å²) >= 11 is 0. The highest BCUT2D eigenvalue weighted by molar-refractivity contribution is 4.33. The fourth-order valence-electron chi connectivity index (χ4n) is 0.548. The minimum absolute atomic E-state index is 0.568. The van der Waals surface area contributed by atoms with Gasteiger partial charge in [0.15, 0.2) is 0 Å². The summed E-state index contributed by atoms with van der Waals surface area (Å²) in [6.45, 7) is 7.66. The van der Waals surface area contributed by atoms with E-state index in [1.165, 1.54) is 0 Å². The molecule has 0 fully saturated rings. The summed E-state index contributed by atoms with van der Waals surface area (Å²) in [5.74, 6) is 0. The molecule has 0 aromatic carbocycles. The van der Waals surface area contributed by atoms with Crippen LogP contribution in [0.1, 0.15) is 13.8 Å². The van der Waals surface area contributed by atoms with Crippen molar-refractivity contribution in [3.05, 3.63) is 0 Å². The van der Waals surface area contributed by atoms with Gasteiger partial charge < -0.3 is 19.9 Å². The van der Waals surface area contributed by atoms with Gasteiger partial charge in [-0.15, -0.1) is 0 Å². The van der Waals surface area contributed by atoms with Gasteiger partial charge in [0, 0.05) is 13.7 Å². The van der Waals surface area contributed by atoms with Gasteiger partial charge in [-0.2, -0.15) is 0 Å². The lowest BCUT2D eigenvalue weighted by atomic mass is 10.7. The van der Waals surface area contributed by atoms with Crippen LogP contribution in [0.15, 0.2) is 0 Å². The Bertz CT molecular complexity index is 63.9. The summed E-state index contributed by atoms with van der Waals surface area (Å²) < 4.78 is 15.0. The van der Waals surface area contributed by atoms with E-state index in [-0.39, 0.29) is 0 Å². The lowest BCUT2D eigenvalue weighted by Crippen LogP contribution is -2.13. The van der Waals surface area contributed by atoms with Crippen molar-refractivity contribution < 1.29 is 14.2 Å². The number of hydrogen-bond donors (Lipinski definition) is 1. The number of rotatable bonds is 8. The Morgan fingerprint density at radius 2 is 1.31 bits per heavy atom. The van der Waals surface area contributed by atoms with Crippen molar-refractivity contribution in [1.82, 2.24) is 0 Å². The molecule has 0 aromatic heterocycles. The summed E-state index contributed by atoms with van der Waals surface area (Å²) in [7, 11) is 1.65. The summed E-state index contributed by atoms with van der Waals surface area (Å²) in [4.78, 5) is 0. The normalized spacial score (nSPS) is 9.23. The highest BCUT2D eigenvalue weighted by Crippen LogP contribution is 1.78. The average Bonchev–Trinajstić information content (AvgIpc) is 2.20. The van der Waals surface area contributed by atoms with E-state index in [1.54, 1.807) is 7.11 Å². The second kappa shape index (κ2) is 17.8. The zero-order valence-corrected chi connectivity index (χ0v) is 9.04. The Morgan fingerprint density at radius 1 is 0.846 bits per heavy atom. The molecule has 0 amide bonds. The molecule has 0 aliphatic carbocycles. The van der Waals surface area contributed by atoms with Crippen molar-refractivity contribution in [1.29, 1.82) is 0 Å². The highest BCUT2D eigenvalue weighted by atomic mass is 16.5. The van der Waals surface area contributed by atoms with Gasteiger partial charge in [-0.05, 0) is 0 Å². The van der Waals surface area contributed by atoms with Gasteiger partial charge in [-0.3, -0.25) is 0 Å². The minimum Gasteiger partial charge on any atom is -0.382 e. The summed E-state index contributed by atoms with van der Waals surface area (Å²) in [6, 6.07) is 0. The molecule has 0 spiro atoms. The van der Waals surface area contributed by atoms with Gasteiger partial charge in [-0.1, -0.05) is 13.8 Å². The smallest absolute Gasteiger partial charge is 0.0701 e. The molecule has 0 atom stereocenters. The van der Waals surface area contributed by atoms with E-state index >= 15 is 0 Å². The predicted octanol–water partition coefficient (Wildman–Crippen LogP) is 0.651. The largest absolute Gasteiger partial charge is 0.382 e. The van der Waals surface area contributed by atoms with Crippen molar-refractivity contribution in [3.8, 4) is 0 Å². The SMILES string of the molecule is CC.COCCOCCOCCN. The van der Waals surface area contributed by atoms with E-state index in [0.717, 1.165) is 0 Å². The van der Waals surface area contributed by atoms with E-state index in [1.807, 2.05) is 13.8 Å². The fourth-order valence-corrected chi connectivity index (χ4v) is 0.548. The van der Waals surface area contributed by atoms with Crippen LogP contribution >= 0.6 is 0 Å². The topological polar surface area (TPSA) is 53.7 Å². The van der Waals surface area contributed by atoms with Crippen molar-refractivity contribution in [2.75, 3.05) is 46.7 Å². The van der Waals surface area contributed by atoms with E-state index in [2.05, 4.69) is 0 Å². The molecule has 4 nitrogen and oxygen atoms in total. The Morgan fingerprint density at radius 3 is 1.77 bits per heavy atom. The Kier molecular flexibility index (Phi) is 21.0. The second-order valence-electron chi connectivity index (χ2n) is 2.01. The first-order chi connectivity index (χ1) is 6.41. The van der Waals surface area contributed by atoms with Crippen LogP contribution in [0.5, 0.6) is 0 Å². The second-order valence-corrected chi connectivity index (χ2v) is 2.01. The van der Waals surface area contributed by atoms with Gasteiger partial charge in [-0.25, -0.2) is 0 Å². The summed E-state index contributed by atoms with van der Waals surface area (Å²) in [6.07, 6.45) is 0. The van der Waals surface area contributed by atoms with Crippen molar-refractivity contribution in [2.45, 2.75) is 13.8 Å². The first kappa shape index (κ1) is 15.3. The molecule has 0 aliphatic rings. The maximum atomic E-state index is 5.21. The van der Waals surface area contributed by atoms with Crippen molar-refractivity contribution in [3.63, 3.8) is 0 Å². The summed E-state index contributed by atoms with van der Waals surface area (Å²) in [5.41, 5.74) is 5.21. The Labute approximate surface area is 81.3 Å². The number of hydrogen-bond acceptors (Lipinski definition) is 4. The average molecular weight is 193 g/mol. The maximum absolute atomic E-state index is 5.21. The molecular formula is C9H23NO3. The third kappa shape index (κ3) is 18.7. The van der Waals surface area contributed by atoms with Crippen LogP contribution in [0.25, 0.3) is 0 Å². The zero-order valence-electron chi connectivity index (χ0n) is 9.04. The minimum atomic E-state index is 0.568. The standard InChI is InChI=1S/C7H17NO3.C2H6/c1-9-4-5-11-7-6-10-3-2-8;1-2/h2-8H2,1H3;1-2H3. The van der Waals surface area contributed by atoms with Gasteiger partial charge in [0.1, 0.15) is 0 Å². The van der Waals surface area contributed by atoms with Crippen molar-refractivity contribution in [2.24, 2.45) is 5.73 Å². The van der Waals surface area contributed by atoms with Crippen LogP contribution in [0.3, 0.4) is 0 Å². The monoisotopic (exact) mass is 193 g/mol. The van der Waals surface area contributed by atoms with Crippen LogP contribution in [0.4, 0.5) is 0 Å². The molecule has 0 radical (unpaired) electrons. The number of ether oxygens (including phenoxy) is 3. The quantitative estimate of drug-likeness (QED) is 0.575. The van der Waals surface area contributed by atoms with Gasteiger partial charge in [0.2, 0.25) is 0 Å². The van der Waals surface area contributed by atoms with Crippen LogP contribution in [-0.2, 0) is 14.2 Å². The molecule has 2 N–H and O–H groups in total. The third-order valence-corrected chi connectivity index (χ3v) is 1.07. The number of nitrogens with two attached hydrogens (primary N) is 1. The molecule has 0 unspecified atom stereocenters. The van der Waals surface area contributed by atoms with E-state index in [4.69, 9.17) is 19.9 Å². The van der Waals surface area contributed by atoms with Gasteiger partial charge in [0.05, 0.1) is 33.0 Å². The van der Waals surface area contributed by atoms with Crippen LogP contribution in [0.2, 0.25) is 0 Å². The van der Waals surface area contributed by atoms with Gasteiger partial charge in [0.25, 0.3) is 0 Å². The molecule has 0 aliphatic heterocycles. The Hall–Kier alpha value is -0.160. The third-order valence-electron chi connectivity index (χ3n) is 1.07. The lowest BCUT2D eigenvalue weighted by Gasteiger charge is -2.03. The van der Waals surface area contributed by atoms with Crippen LogP contribution in [-0.4, -0.2) is 46.7 Å². The number of methoxy groups -OCH3 is 1. The molecule has 0 saturated carbocycles.